The lowest BCUT2D eigenvalue weighted by molar-refractivity contribution is 0.0697. The molecule has 0 unspecified atom stereocenters. The Morgan fingerprint density at radius 3 is 2.70 bits per heavy atom. The van der Waals surface area contributed by atoms with Gasteiger partial charge in [0.25, 0.3) is 0 Å². The maximum atomic E-state index is 13.5. The molecule has 2 amide bonds. The molecule has 7 nitrogen and oxygen atoms in total. The van der Waals surface area contributed by atoms with Gasteiger partial charge in [-0.3, -0.25) is 4.68 Å². The van der Waals surface area contributed by atoms with Crippen molar-refractivity contribution in [2.75, 3.05) is 10.6 Å². The molecule has 1 heterocycles. The minimum absolute atomic E-state index is 0.122. The highest BCUT2D eigenvalue weighted by Gasteiger charge is 2.11. The van der Waals surface area contributed by atoms with Crippen LogP contribution in [0.25, 0.3) is 0 Å². The van der Waals surface area contributed by atoms with Crippen LogP contribution in [0.5, 0.6) is 0 Å². The Morgan fingerprint density at radius 1 is 1.35 bits per heavy atom. The van der Waals surface area contributed by atoms with Crippen molar-refractivity contribution in [1.82, 2.24) is 9.78 Å². The van der Waals surface area contributed by atoms with Gasteiger partial charge in [-0.15, -0.1) is 0 Å². The molecule has 0 spiro atoms. The fourth-order valence-corrected chi connectivity index (χ4v) is 1.52. The van der Waals surface area contributed by atoms with Crippen molar-refractivity contribution in [2.24, 2.45) is 7.05 Å². The summed E-state index contributed by atoms with van der Waals surface area (Å²) < 4.78 is 15.0. The van der Waals surface area contributed by atoms with Gasteiger partial charge in [0.15, 0.2) is 0 Å². The van der Waals surface area contributed by atoms with Crippen molar-refractivity contribution < 1.29 is 19.1 Å². The summed E-state index contributed by atoms with van der Waals surface area (Å²) in [5, 5.41) is 17.3. The number of nitrogens with one attached hydrogen (secondary N) is 2. The van der Waals surface area contributed by atoms with E-state index in [2.05, 4.69) is 15.7 Å². The largest absolute Gasteiger partial charge is 0.478 e. The molecule has 0 aliphatic rings. The maximum Gasteiger partial charge on any atom is 0.335 e. The first-order valence-electron chi connectivity index (χ1n) is 5.55. The summed E-state index contributed by atoms with van der Waals surface area (Å²) in [5.41, 5.74) is 0.0918. The molecule has 2 aromatic rings. The van der Waals surface area contributed by atoms with Crippen LogP contribution in [-0.2, 0) is 7.05 Å². The molecule has 1 aromatic heterocycles. The fraction of sp³-hybridized carbons (Fsp3) is 0.0833. The number of carbonyl (C=O) groups excluding carboxylic acids is 1. The van der Waals surface area contributed by atoms with E-state index < -0.39 is 17.8 Å². The summed E-state index contributed by atoms with van der Waals surface area (Å²) in [6, 6.07) is 2.44. The van der Waals surface area contributed by atoms with E-state index in [0.29, 0.717) is 5.69 Å². The standard InChI is InChI=1S/C12H11FN4O3/c1-17-6-8(5-14-17)15-12(20)16-10-4-7(11(18)19)2-3-9(10)13/h2-6H,1H3,(H,18,19)(H2,15,16,20). The lowest BCUT2D eigenvalue weighted by atomic mass is 10.2. The van der Waals surface area contributed by atoms with E-state index in [-0.39, 0.29) is 11.3 Å². The molecule has 2 rings (SSSR count). The van der Waals surface area contributed by atoms with E-state index in [1.807, 2.05) is 0 Å². The van der Waals surface area contributed by atoms with Gasteiger partial charge in [0.2, 0.25) is 0 Å². The van der Waals surface area contributed by atoms with Crippen molar-refractivity contribution in [3.05, 3.63) is 42.0 Å². The number of hydrogen-bond donors (Lipinski definition) is 3. The zero-order valence-electron chi connectivity index (χ0n) is 10.4. The van der Waals surface area contributed by atoms with Gasteiger partial charge in [0.1, 0.15) is 5.82 Å². The number of amides is 2. The number of halogens is 1. The van der Waals surface area contributed by atoms with E-state index in [9.17, 15) is 14.0 Å². The number of aromatic carboxylic acids is 1. The zero-order chi connectivity index (χ0) is 14.7. The number of anilines is 2. The number of benzene rings is 1. The zero-order valence-corrected chi connectivity index (χ0v) is 10.4. The summed E-state index contributed by atoms with van der Waals surface area (Å²) in [7, 11) is 1.68. The molecule has 8 heteroatoms. The monoisotopic (exact) mass is 278 g/mol. The Bertz CT molecular complexity index is 668. The Morgan fingerprint density at radius 2 is 2.10 bits per heavy atom. The van der Waals surface area contributed by atoms with Crippen LogP contribution < -0.4 is 10.6 Å². The lowest BCUT2D eigenvalue weighted by Gasteiger charge is -2.07. The third-order valence-corrected chi connectivity index (χ3v) is 2.42. The quantitative estimate of drug-likeness (QED) is 0.798. The van der Waals surface area contributed by atoms with Gasteiger partial charge in [0, 0.05) is 13.2 Å². The highest BCUT2D eigenvalue weighted by Crippen LogP contribution is 2.16. The predicted octanol–water partition coefficient (Wildman–Crippen LogP) is 1.90. The summed E-state index contributed by atoms with van der Waals surface area (Å²) in [4.78, 5) is 22.4. The SMILES string of the molecule is Cn1cc(NC(=O)Nc2cc(C(=O)O)ccc2F)cn1. The molecule has 1 aromatic carbocycles. The number of nitrogens with zero attached hydrogens (tertiary/aromatic N) is 2. The second-order valence-corrected chi connectivity index (χ2v) is 3.98. The van der Waals surface area contributed by atoms with Gasteiger partial charge in [-0.1, -0.05) is 0 Å². The Balaban J connectivity index is 2.11. The second kappa shape index (κ2) is 5.39. The van der Waals surface area contributed by atoms with Crippen molar-refractivity contribution >= 4 is 23.4 Å². The Hall–Kier alpha value is -2.90. The topological polar surface area (TPSA) is 96.2 Å². The van der Waals surface area contributed by atoms with Crippen LogP contribution in [0.2, 0.25) is 0 Å². The van der Waals surface area contributed by atoms with E-state index >= 15 is 0 Å². The summed E-state index contributed by atoms with van der Waals surface area (Å²) in [5.74, 6) is -1.93. The van der Waals surface area contributed by atoms with Crippen LogP contribution in [0, 0.1) is 5.82 Å². The summed E-state index contributed by atoms with van der Waals surface area (Å²) in [6.45, 7) is 0. The number of aromatic nitrogens is 2. The van der Waals surface area contributed by atoms with E-state index in [1.54, 1.807) is 13.2 Å². The molecule has 0 aliphatic heterocycles. The number of carbonyl (C=O) groups is 2. The maximum absolute atomic E-state index is 13.5. The minimum atomic E-state index is -1.21. The van der Waals surface area contributed by atoms with E-state index in [1.165, 1.54) is 10.9 Å². The Labute approximate surface area is 113 Å². The van der Waals surface area contributed by atoms with Gasteiger partial charge in [-0.05, 0) is 18.2 Å². The lowest BCUT2D eigenvalue weighted by Crippen LogP contribution is -2.20. The van der Waals surface area contributed by atoms with Crippen LogP contribution in [0.4, 0.5) is 20.6 Å². The van der Waals surface area contributed by atoms with Gasteiger partial charge in [-0.2, -0.15) is 5.10 Å². The number of carboxylic acids is 1. The average Bonchev–Trinajstić information content (AvgIpc) is 2.77. The molecule has 0 atom stereocenters. The number of rotatable bonds is 3. The number of aryl methyl sites for hydroxylation is 1. The molecule has 104 valence electrons. The second-order valence-electron chi connectivity index (χ2n) is 3.98. The summed E-state index contributed by atoms with van der Waals surface area (Å²) >= 11 is 0. The summed E-state index contributed by atoms with van der Waals surface area (Å²) in [6.07, 6.45) is 2.98. The molecule has 0 fully saturated rings. The molecular weight excluding hydrogens is 267 g/mol. The number of carboxylic acid groups (broad SMARTS) is 1. The van der Waals surface area contributed by atoms with Crippen molar-refractivity contribution in [3.63, 3.8) is 0 Å². The van der Waals surface area contributed by atoms with E-state index in [0.717, 1.165) is 18.2 Å². The van der Waals surface area contributed by atoms with Crippen LogP contribution >= 0.6 is 0 Å². The molecule has 0 saturated carbocycles. The number of hydrogen-bond acceptors (Lipinski definition) is 3. The molecule has 0 saturated heterocycles. The van der Waals surface area contributed by atoms with Gasteiger partial charge >= 0.3 is 12.0 Å². The third kappa shape index (κ3) is 3.10. The van der Waals surface area contributed by atoms with E-state index in [4.69, 9.17) is 5.11 Å². The smallest absolute Gasteiger partial charge is 0.335 e. The van der Waals surface area contributed by atoms with Gasteiger partial charge in [0.05, 0.1) is 23.1 Å². The predicted molar refractivity (Wildman–Crippen MR) is 69.2 cm³/mol. The molecule has 0 bridgehead atoms. The van der Waals surface area contributed by atoms with Crippen LogP contribution in [-0.4, -0.2) is 26.9 Å². The molecule has 0 aliphatic carbocycles. The van der Waals surface area contributed by atoms with Crippen molar-refractivity contribution in [1.29, 1.82) is 0 Å². The molecular formula is C12H11FN4O3. The first-order chi connectivity index (χ1) is 9.45. The van der Waals surface area contributed by atoms with Crippen molar-refractivity contribution in [3.8, 4) is 0 Å². The highest BCUT2D eigenvalue weighted by molar-refractivity contribution is 6.00. The third-order valence-electron chi connectivity index (χ3n) is 2.42. The normalized spacial score (nSPS) is 10.1. The first-order valence-corrected chi connectivity index (χ1v) is 5.55. The molecule has 20 heavy (non-hydrogen) atoms. The average molecular weight is 278 g/mol. The minimum Gasteiger partial charge on any atom is -0.478 e. The highest BCUT2D eigenvalue weighted by atomic mass is 19.1. The van der Waals surface area contributed by atoms with Crippen LogP contribution in [0.15, 0.2) is 30.6 Å². The first kappa shape index (κ1) is 13.5. The fourth-order valence-electron chi connectivity index (χ4n) is 1.52. The van der Waals surface area contributed by atoms with Crippen LogP contribution in [0.3, 0.4) is 0 Å². The van der Waals surface area contributed by atoms with Gasteiger partial charge in [-0.25, -0.2) is 14.0 Å². The Kier molecular flexibility index (Phi) is 3.65. The van der Waals surface area contributed by atoms with Gasteiger partial charge < -0.3 is 15.7 Å². The molecule has 3 N–H and O–H groups in total. The molecule has 0 radical (unpaired) electrons. The number of urea groups is 1. The van der Waals surface area contributed by atoms with Crippen LogP contribution in [0.1, 0.15) is 10.4 Å². The van der Waals surface area contributed by atoms with Crippen molar-refractivity contribution in [2.45, 2.75) is 0 Å².